The van der Waals surface area contributed by atoms with Gasteiger partial charge in [-0.2, -0.15) is 0 Å². The molecule has 0 saturated carbocycles. The average molecular weight is 484 g/mol. The zero-order chi connectivity index (χ0) is 24.7. The number of nitrogens with zero attached hydrogens (tertiary/aromatic N) is 1. The van der Waals surface area contributed by atoms with Crippen LogP contribution in [0.1, 0.15) is 11.1 Å². The van der Waals surface area contributed by atoms with Crippen LogP contribution in [-0.4, -0.2) is 49.9 Å². The first-order valence-corrected chi connectivity index (χ1v) is 11.7. The first-order chi connectivity index (χ1) is 17.6. The molecule has 3 aromatic carbocycles. The number of amidine groups is 2. The zero-order valence-electron chi connectivity index (χ0n) is 19.5. The molecule has 4 amide bonds. The van der Waals surface area contributed by atoms with Gasteiger partial charge in [0.2, 0.25) is 0 Å². The first kappa shape index (κ1) is 22.9. The van der Waals surface area contributed by atoms with Gasteiger partial charge in [0.05, 0.1) is 12.1 Å². The van der Waals surface area contributed by atoms with Crippen molar-refractivity contribution >= 4 is 46.5 Å². The molecular formula is C26H27N8O2+. The van der Waals surface area contributed by atoms with Crippen molar-refractivity contribution in [2.45, 2.75) is 0 Å². The molecule has 0 atom stereocenters. The van der Waals surface area contributed by atoms with Crippen LogP contribution in [0.5, 0.6) is 0 Å². The SMILES string of the molecule is O=C(Nc1ccc(C2=NCCN2)cc1)Nc1cccc(NC(=O)Nc2cccc(C3=[NH+]CCN3)c2)c1. The van der Waals surface area contributed by atoms with Gasteiger partial charge in [0.25, 0.3) is 5.84 Å². The van der Waals surface area contributed by atoms with Crippen molar-refractivity contribution in [1.82, 2.24) is 10.6 Å². The maximum absolute atomic E-state index is 12.5. The van der Waals surface area contributed by atoms with Crippen LogP contribution < -0.4 is 36.9 Å². The first-order valence-electron chi connectivity index (χ1n) is 11.7. The number of hydrogen-bond donors (Lipinski definition) is 7. The maximum atomic E-state index is 12.5. The number of urea groups is 2. The van der Waals surface area contributed by atoms with Crippen LogP contribution in [0, 0.1) is 0 Å². The summed E-state index contributed by atoms with van der Waals surface area (Å²) in [5, 5.41) is 17.7. The quantitative estimate of drug-likeness (QED) is 0.288. The zero-order valence-corrected chi connectivity index (χ0v) is 19.5. The highest BCUT2D eigenvalue weighted by molar-refractivity contribution is 6.04. The summed E-state index contributed by atoms with van der Waals surface area (Å²) >= 11 is 0. The molecule has 7 N–H and O–H groups in total. The van der Waals surface area contributed by atoms with E-state index in [2.05, 4.69) is 41.9 Å². The molecule has 182 valence electrons. The van der Waals surface area contributed by atoms with Gasteiger partial charge >= 0.3 is 12.1 Å². The molecule has 0 radical (unpaired) electrons. The highest BCUT2D eigenvalue weighted by Crippen LogP contribution is 2.17. The van der Waals surface area contributed by atoms with Gasteiger partial charge in [0.15, 0.2) is 0 Å². The van der Waals surface area contributed by atoms with Crippen LogP contribution >= 0.6 is 0 Å². The normalized spacial score (nSPS) is 14.1. The number of carbonyl (C=O) groups is 2. The molecule has 0 bridgehead atoms. The molecular weight excluding hydrogens is 456 g/mol. The van der Waals surface area contributed by atoms with E-state index in [9.17, 15) is 9.59 Å². The standard InChI is InChI=1S/C26H26N8O2/c35-25(31-19-9-7-17(8-10-19)23-27-11-12-28-23)33-21-5-2-6-22(16-21)34-26(36)32-20-4-1-3-18(15-20)24-29-13-14-30-24/h1-10,15-16H,11-14H2,(H,27,28)(H,29,30)(H2,31,33,35)(H2,32,34,36)/p+1. The number of nitrogens with one attached hydrogen (secondary N) is 7. The number of benzene rings is 3. The van der Waals surface area contributed by atoms with E-state index in [0.717, 1.165) is 49.0 Å². The van der Waals surface area contributed by atoms with Crippen molar-refractivity contribution < 1.29 is 14.6 Å². The van der Waals surface area contributed by atoms with Gasteiger partial charge in [-0.15, -0.1) is 0 Å². The van der Waals surface area contributed by atoms with E-state index >= 15 is 0 Å². The highest BCUT2D eigenvalue weighted by Gasteiger charge is 2.15. The van der Waals surface area contributed by atoms with Crippen LogP contribution in [0.25, 0.3) is 0 Å². The average Bonchev–Trinajstić information content (AvgIpc) is 3.60. The van der Waals surface area contributed by atoms with Gasteiger partial charge in [-0.3, -0.25) is 15.3 Å². The Balaban J connectivity index is 1.15. The third kappa shape index (κ3) is 5.79. The summed E-state index contributed by atoms with van der Waals surface area (Å²) in [7, 11) is 0. The summed E-state index contributed by atoms with van der Waals surface area (Å²) in [5.41, 5.74) is 4.37. The van der Waals surface area contributed by atoms with Crippen LogP contribution in [0.3, 0.4) is 0 Å². The molecule has 0 spiro atoms. The molecule has 0 fully saturated rings. The molecule has 3 aromatic rings. The molecule has 0 unspecified atom stereocenters. The molecule has 0 aromatic heterocycles. The number of amides is 4. The van der Waals surface area contributed by atoms with E-state index in [1.165, 1.54) is 0 Å². The monoisotopic (exact) mass is 483 g/mol. The molecule has 2 heterocycles. The fourth-order valence-corrected chi connectivity index (χ4v) is 3.96. The molecule has 0 aliphatic carbocycles. The van der Waals surface area contributed by atoms with E-state index in [-0.39, 0.29) is 12.1 Å². The number of aliphatic imine (C=N–C) groups is 1. The van der Waals surface area contributed by atoms with Gasteiger partial charge in [-0.25, -0.2) is 9.59 Å². The third-order valence-corrected chi connectivity index (χ3v) is 5.61. The second kappa shape index (κ2) is 10.6. The lowest BCUT2D eigenvalue weighted by Crippen LogP contribution is -2.70. The van der Waals surface area contributed by atoms with Gasteiger partial charge < -0.3 is 26.6 Å². The Kier molecular flexibility index (Phi) is 6.74. The Hall–Kier alpha value is -4.86. The Bertz CT molecular complexity index is 1330. The molecule has 10 heteroatoms. The number of carbonyl (C=O) groups excluding carboxylic acids is 2. The lowest BCUT2D eigenvalue weighted by molar-refractivity contribution is -0.444. The van der Waals surface area contributed by atoms with Crippen molar-refractivity contribution in [3.05, 3.63) is 83.9 Å². The van der Waals surface area contributed by atoms with E-state index in [1.807, 2.05) is 48.5 Å². The molecule has 5 rings (SSSR count). The maximum Gasteiger partial charge on any atom is 0.323 e. The molecule has 2 aliphatic heterocycles. The molecule has 36 heavy (non-hydrogen) atoms. The van der Waals surface area contributed by atoms with Crippen molar-refractivity contribution in [3.8, 4) is 0 Å². The Morgan fingerprint density at radius 3 is 1.94 bits per heavy atom. The lowest BCUT2D eigenvalue weighted by Gasteiger charge is -2.11. The van der Waals surface area contributed by atoms with Gasteiger partial charge in [0.1, 0.15) is 18.9 Å². The van der Waals surface area contributed by atoms with E-state index in [1.54, 1.807) is 24.3 Å². The predicted octanol–water partition coefficient (Wildman–Crippen LogP) is 1.75. The Labute approximate surface area is 208 Å². The third-order valence-electron chi connectivity index (χ3n) is 5.61. The van der Waals surface area contributed by atoms with Gasteiger partial charge in [-0.1, -0.05) is 12.1 Å². The summed E-state index contributed by atoms with van der Waals surface area (Å²) in [6, 6.07) is 21.2. The smallest absolute Gasteiger partial charge is 0.323 e. The van der Waals surface area contributed by atoms with Crippen molar-refractivity contribution in [2.24, 2.45) is 4.99 Å². The second-order valence-corrected chi connectivity index (χ2v) is 8.28. The lowest BCUT2D eigenvalue weighted by atomic mass is 10.2. The number of hydrogen-bond acceptors (Lipinski definition) is 5. The number of anilines is 4. The Morgan fingerprint density at radius 2 is 1.33 bits per heavy atom. The minimum atomic E-state index is -0.385. The van der Waals surface area contributed by atoms with Crippen molar-refractivity contribution in [1.29, 1.82) is 0 Å². The molecule has 10 nitrogen and oxygen atoms in total. The van der Waals surface area contributed by atoms with Crippen LogP contribution in [0.4, 0.5) is 32.3 Å². The summed E-state index contributed by atoms with van der Waals surface area (Å²) < 4.78 is 0. The van der Waals surface area contributed by atoms with E-state index in [4.69, 9.17) is 0 Å². The summed E-state index contributed by atoms with van der Waals surface area (Å²) in [6.45, 7) is 3.36. The van der Waals surface area contributed by atoms with E-state index < -0.39 is 0 Å². The molecule has 2 aliphatic rings. The van der Waals surface area contributed by atoms with E-state index in [0.29, 0.717) is 22.7 Å². The van der Waals surface area contributed by atoms with Crippen LogP contribution in [-0.2, 0) is 0 Å². The van der Waals surface area contributed by atoms with Crippen LogP contribution in [0.15, 0.2) is 77.8 Å². The minimum Gasteiger partial charge on any atom is -0.368 e. The largest absolute Gasteiger partial charge is 0.368 e. The fraction of sp³-hybridized carbons (Fsp3) is 0.154. The topological polar surface area (TPSA) is 133 Å². The Morgan fingerprint density at radius 1 is 0.694 bits per heavy atom. The second-order valence-electron chi connectivity index (χ2n) is 8.28. The summed E-state index contributed by atoms with van der Waals surface area (Å²) in [4.78, 5) is 32.7. The van der Waals surface area contributed by atoms with Crippen molar-refractivity contribution in [2.75, 3.05) is 47.4 Å². The van der Waals surface area contributed by atoms with Crippen LogP contribution in [0.2, 0.25) is 0 Å². The van der Waals surface area contributed by atoms with Gasteiger partial charge in [0, 0.05) is 34.9 Å². The highest BCUT2D eigenvalue weighted by atomic mass is 16.2. The van der Waals surface area contributed by atoms with Gasteiger partial charge in [-0.05, 0) is 60.7 Å². The minimum absolute atomic E-state index is 0.382. The summed E-state index contributed by atoms with van der Waals surface area (Å²) in [5.74, 6) is 1.82. The number of rotatable bonds is 6. The molecule has 0 saturated heterocycles. The predicted molar refractivity (Wildman–Crippen MR) is 142 cm³/mol. The summed E-state index contributed by atoms with van der Waals surface area (Å²) in [6.07, 6.45) is 0. The van der Waals surface area contributed by atoms with Crippen molar-refractivity contribution in [3.63, 3.8) is 0 Å². The fourth-order valence-electron chi connectivity index (χ4n) is 3.96.